The van der Waals surface area contributed by atoms with E-state index in [0.29, 0.717) is 30.3 Å². The predicted molar refractivity (Wildman–Crippen MR) is 86.1 cm³/mol. The third-order valence-corrected chi connectivity index (χ3v) is 4.18. The molecule has 0 aliphatic carbocycles. The summed E-state index contributed by atoms with van der Waals surface area (Å²) in [5.41, 5.74) is 2.30. The van der Waals surface area contributed by atoms with Gasteiger partial charge in [0.25, 0.3) is 5.91 Å². The van der Waals surface area contributed by atoms with Crippen LogP contribution in [0.25, 0.3) is 0 Å². The Bertz CT molecular complexity index is 724. The number of amides is 1. The standard InChI is InChI=1S/C17H21N3O3/c1-11-15(17(22-3)20(2)19-11)16(21)18-10-12-8-9-23-14-7-5-4-6-13(12)14/h4-7,12H,8-10H2,1-3H3,(H,18,21)/t12-/m0/s1. The second kappa shape index (κ2) is 6.32. The van der Waals surface area contributed by atoms with Crippen LogP contribution in [0.3, 0.4) is 0 Å². The molecule has 2 aromatic rings. The highest BCUT2D eigenvalue weighted by atomic mass is 16.5. The minimum absolute atomic E-state index is 0.156. The number of nitrogens with zero attached hydrogens (tertiary/aromatic N) is 2. The van der Waals surface area contributed by atoms with Gasteiger partial charge in [0.05, 0.1) is 19.4 Å². The van der Waals surface area contributed by atoms with Gasteiger partial charge in [-0.2, -0.15) is 5.10 Å². The van der Waals surface area contributed by atoms with E-state index in [1.165, 1.54) is 0 Å². The minimum Gasteiger partial charge on any atom is -0.493 e. The molecule has 0 saturated heterocycles. The molecule has 0 spiro atoms. The number of hydrogen-bond donors (Lipinski definition) is 1. The number of methoxy groups -OCH3 is 1. The number of benzene rings is 1. The topological polar surface area (TPSA) is 65.4 Å². The molecule has 122 valence electrons. The molecular weight excluding hydrogens is 294 g/mol. The molecule has 1 N–H and O–H groups in total. The van der Waals surface area contributed by atoms with Crippen LogP contribution in [0.4, 0.5) is 0 Å². The van der Waals surface area contributed by atoms with E-state index in [4.69, 9.17) is 9.47 Å². The molecule has 0 unspecified atom stereocenters. The molecule has 1 aliphatic heterocycles. The second-order valence-electron chi connectivity index (χ2n) is 5.68. The molecule has 1 aliphatic rings. The summed E-state index contributed by atoms with van der Waals surface area (Å²) in [7, 11) is 3.30. The Morgan fingerprint density at radius 1 is 1.48 bits per heavy atom. The number of para-hydroxylation sites is 1. The van der Waals surface area contributed by atoms with Crippen molar-refractivity contribution >= 4 is 5.91 Å². The normalized spacial score (nSPS) is 16.4. The van der Waals surface area contributed by atoms with Crippen LogP contribution in [0.2, 0.25) is 0 Å². The monoisotopic (exact) mass is 315 g/mol. The highest BCUT2D eigenvalue weighted by Gasteiger charge is 2.24. The number of ether oxygens (including phenoxy) is 2. The Morgan fingerprint density at radius 3 is 3.04 bits per heavy atom. The molecule has 1 aromatic heterocycles. The molecule has 0 radical (unpaired) electrons. The van der Waals surface area contributed by atoms with E-state index in [9.17, 15) is 4.79 Å². The second-order valence-corrected chi connectivity index (χ2v) is 5.68. The average Bonchev–Trinajstić information content (AvgIpc) is 2.86. The Morgan fingerprint density at radius 2 is 2.26 bits per heavy atom. The molecular formula is C17H21N3O3. The van der Waals surface area contributed by atoms with Crippen molar-refractivity contribution in [2.75, 3.05) is 20.3 Å². The Labute approximate surface area is 135 Å². The van der Waals surface area contributed by atoms with Crippen LogP contribution in [0, 0.1) is 6.92 Å². The third-order valence-electron chi connectivity index (χ3n) is 4.18. The number of rotatable bonds is 4. The minimum atomic E-state index is -0.156. The summed E-state index contributed by atoms with van der Waals surface area (Å²) in [6.07, 6.45) is 0.889. The van der Waals surface area contributed by atoms with Gasteiger partial charge in [0.1, 0.15) is 11.3 Å². The molecule has 6 nitrogen and oxygen atoms in total. The molecule has 0 bridgehead atoms. The largest absolute Gasteiger partial charge is 0.493 e. The number of carbonyl (C=O) groups excluding carboxylic acids is 1. The van der Waals surface area contributed by atoms with Gasteiger partial charge >= 0.3 is 0 Å². The van der Waals surface area contributed by atoms with Crippen LogP contribution in [-0.2, 0) is 7.05 Å². The summed E-state index contributed by atoms with van der Waals surface area (Å²) < 4.78 is 12.5. The molecule has 1 aromatic carbocycles. The number of carbonyl (C=O) groups is 1. The lowest BCUT2D eigenvalue weighted by Gasteiger charge is -2.26. The van der Waals surface area contributed by atoms with Crippen molar-refractivity contribution in [1.29, 1.82) is 0 Å². The molecule has 0 saturated carbocycles. The van der Waals surface area contributed by atoms with E-state index in [1.54, 1.807) is 25.8 Å². The number of aromatic nitrogens is 2. The maximum absolute atomic E-state index is 12.5. The summed E-state index contributed by atoms with van der Waals surface area (Å²) in [6, 6.07) is 7.99. The molecule has 3 rings (SSSR count). The molecule has 6 heteroatoms. The van der Waals surface area contributed by atoms with Crippen molar-refractivity contribution < 1.29 is 14.3 Å². The van der Waals surface area contributed by atoms with E-state index in [1.807, 2.05) is 18.2 Å². The summed E-state index contributed by atoms with van der Waals surface area (Å²) in [5, 5.41) is 7.26. The van der Waals surface area contributed by atoms with Crippen LogP contribution >= 0.6 is 0 Å². The molecule has 23 heavy (non-hydrogen) atoms. The number of nitrogens with one attached hydrogen (secondary N) is 1. The zero-order valence-corrected chi connectivity index (χ0v) is 13.6. The lowest BCUT2D eigenvalue weighted by atomic mass is 9.93. The van der Waals surface area contributed by atoms with Crippen LogP contribution in [0.1, 0.15) is 34.0 Å². The fraction of sp³-hybridized carbons (Fsp3) is 0.412. The van der Waals surface area contributed by atoms with E-state index in [0.717, 1.165) is 17.7 Å². The van der Waals surface area contributed by atoms with E-state index in [2.05, 4.69) is 16.5 Å². The van der Waals surface area contributed by atoms with E-state index >= 15 is 0 Å². The van der Waals surface area contributed by atoms with Crippen molar-refractivity contribution in [2.45, 2.75) is 19.3 Å². The van der Waals surface area contributed by atoms with Crippen molar-refractivity contribution in [3.05, 3.63) is 41.1 Å². The molecule has 1 atom stereocenters. The lowest BCUT2D eigenvalue weighted by molar-refractivity contribution is 0.0944. The number of aryl methyl sites for hydroxylation is 2. The van der Waals surface area contributed by atoms with Crippen LogP contribution in [0.15, 0.2) is 24.3 Å². The van der Waals surface area contributed by atoms with Gasteiger partial charge in [0, 0.05) is 19.5 Å². The first kappa shape index (κ1) is 15.4. The Balaban J connectivity index is 1.74. The zero-order chi connectivity index (χ0) is 16.4. The van der Waals surface area contributed by atoms with Gasteiger partial charge in [0.2, 0.25) is 5.88 Å². The maximum Gasteiger partial charge on any atom is 0.258 e. The van der Waals surface area contributed by atoms with Gasteiger partial charge in [-0.05, 0) is 25.0 Å². The molecule has 1 amide bonds. The van der Waals surface area contributed by atoms with Gasteiger partial charge in [-0.25, -0.2) is 4.68 Å². The van der Waals surface area contributed by atoms with Crippen molar-refractivity contribution in [3.8, 4) is 11.6 Å². The Kier molecular flexibility index (Phi) is 4.23. The van der Waals surface area contributed by atoms with Gasteiger partial charge in [-0.3, -0.25) is 4.79 Å². The van der Waals surface area contributed by atoms with Crippen molar-refractivity contribution in [3.63, 3.8) is 0 Å². The van der Waals surface area contributed by atoms with Crippen LogP contribution in [-0.4, -0.2) is 35.9 Å². The zero-order valence-electron chi connectivity index (χ0n) is 13.6. The first-order valence-corrected chi connectivity index (χ1v) is 7.69. The van der Waals surface area contributed by atoms with Gasteiger partial charge < -0.3 is 14.8 Å². The SMILES string of the molecule is COc1c(C(=O)NC[C@@H]2CCOc3ccccc32)c(C)nn1C. The quantitative estimate of drug-likeness (QED) is 0.937. The fourth-order valence-electron chi connectivity index (χ4n) is 3.06. The Hall–Kier alpha value is -2.50. The summed E-state index contributed by atoms with van der Waals surface area (Å²) in [5.74, 6) is 1.49. The first-order chi connectivity index (χ1) is 11.1. The highest BCUT2D eigenvalue weighted by molar-refractivity contribution is 5.97. The maximum atomic E-state index is 12.5. The third kappa shape index (κ3) is 2.88. The van der Waals surface area contributed by atoms with Crippen LogP contribution < -0.4 is 14.8 Å². The average molecular weight is 315 g/mol. The van der Waals surface area contributed by atoms with Crippen LogP contribution in [0.5, 0.6) is 11.6 Å². The fourth-order valence-corrected chi connectivity index (χ4v) is 3.06. The van der Waals surface area contributed by atoms with Gasteiger partial charge in [0.15, 0.2) is 0 Å². The van der Waals surface area contributed by atoms with Crippen molar-refractivity contribution in [1.82, 2.24) is 15.1 Å². The predicted octanol–water partition coefficient (Wildman–Crippen LogP) is 2.03. The highest BCUT2D eigenvalue weighted by Crippen LogP contribution is 2.33. The summed E-state index contributed by atoms with van der Waals surface area (Å²) in [4.78, 5) is 12.5. The van der Waals surface area contributed by atoms with Crippen molar-refractivity contribution in [2.24, 2.45) is 7.05 Å². The smallest absolute Gasteiger partial charge is 0.258 e. The van der Waals surface area contributed by atoms with E-state index < -0.39 is 0 Å². The van der Waals surface area contributed by atoms with Gasteiger partial charge in [-0.1, -0.05) is 18.2 Å². The first-order valence-electron chi connectivity index (χ1n) is 7.69. The summed E-state index contributed by atoms with van der Waals surface area (Å²) >= 11 is 0. The number of hydrogen-bond acceptors (Lipinski definition) is 4. The summed E-state index contributed by atoms with van der Waals surface area (Å²) in [6.45, 7) is 3.05. The molecule has 0 fully saturated rings. The van der Waals surface area contributed by atoms with E-state index in [-0.39, 0.29) is 11.8 Å². The lowest BCUT2D eigenvalue weighted by Crippen LogP contribution is -2.31. The van der Waals surface area contributed by atoms with Gasteiger partial charge in [-0.15, -0.1) is 0 Å². The number of fused-ring (bicyclic) bond motifs is 1. The molecule has 2 heterocycles.